The summed E-state index contributed by atoms with van der Waals surface area (Å²) in [4.78, 5) is 28.6. The van der Waals surface area contributed by atoms with Crippen molar-refractivity contribution in [2.45, 2.75) is 6.18 Å². The molecule has 0 atom stereocenters. The fraction of sp³-hybridized carbons (Fsp3) is 0.150. The van der Waals surface area contributed by atoms with E-state index in [4.69, 9.17) is 0 Å². The van der Waals surface area contributed by atoms with Gasteiger partial charge in [-0.3, -0.25) is 9.59 Å². The van der Waals surface area contributed by atoms with Crippen molar-refractivity contribution >= 4 is 34.7 Å². The molecule has 2 amide bonds. The number of rotatable bonds is 7. The minimum atomic E-state index is -4.43. The SMILES string of the molecule is O=C(NCCNc1ccc(C(F)(F)F)cn1)c1cccc(NC(=O)c2cccs2)c1. The fourth-order valence-electron chi connectivity index (χ4n) is 2.47. The maximum Gasteiger partial charge on any atom is 0.417 e. The summed E-state index contributed by atoms with van der Waals surface area (Å²) in [5.74, 6) is -0.323. The first-order valence-electron chi connectivity index (χ1n) is 8.83. The smallest absolute Gasteiger partial charge is 0.368 e. The van der Waals surface area contributed by atoms with E-state index < -0.39 is 11.7 Å². The molecule has 0 saturated heterocycles. The molecule has 0 radical (unpaired) electrons. The van der Waals surface area contributed by atoms with E-state index in [9.17, 15) is 22.8 Å². The van der Waals surface area contributed by atoms with E-state index in [1.807, 2.05) is 0 Å². The number of carbonyl (C=O) groups excluding carboxylic acids is 2. The van der Waals surface area contributed by atoms with Gasteiger partial charge in [0.15, 0.2) is 0 Å². The molecule has 0 bridgehead atoms. The first-order valence-corrected chi connectivity index (χ1v) is 9.71. The third-order valence-corrected chi connectivity index (χ3v) is 4.80. The van der Waals surface area contributed by atoms with Gasteiger partial charge in [0.2, 0.25) is 0 Å². The van der Waals surface area contributed by atoms with Gasteiger partial charge in [-0.25, -0.2) is 4.98 Å². The van der Waals surface area contributed by atoms with Crippen LogP contribution < -0.4 is 16.0 Å². The second kappa shape index (κ2) is 9.40. The van der Waals surface area contributed by atoms with Crippen LogP contribution in [-0.4, -0.2) is 29.9 Å². The summed E-state index contributed by atoms with van der Waals surface area (Å²) in [6, 6.07) is 12.1. The number of benzene rings is 1. The third-order valence-electron chi connectivity index (χ3n) is 3.94. The minimum Gasteiger partial charge on any atom is -0.368 e. The van der Waals surface area contributed by atoms with Gasteiger partial charge in [0.1, 0.15) is 5.82 Å². The molecule has 0 saturated carbocycles. The third kappa shape index (κ3) is 5.80. The zero-order valence-electron chi connectivity index (χ0n) is 15.5. The lowest BCUT2D eigenvalue weighted by atomic mass is 10.2. The molecule has 6 nitrogen and oxygen atoms in total. The van der Waals surface area contributed by atoms with Gasteiger partial charge in [-0.05, 0) is 41.8 Å². The van der Waals surface area contributed by atoms with E-state index in [1.54, 1.807) is 41.8 Å². The van der Waals surface area contributed by atoms with Crippen molar-refractivity contribution in [3.05, 3.63) is 76.1 Å². The van der Waals surface area contributed by atoms with Crippen LogP contribution >= 0.6 is 11.3 Å². The van der Waals surface area contributed by atoms with E-state index in [0.29, 0.717) is 16.1 Å². The monoisotopic (exact) mass is 434 g/mol. The van der Waals surface area contributed by atoms with Crippen molar-refractivity contribution in [1.82, 2.24) is 10.3 Å². The summed E-state index contributed by atoms with van der Waals surface area (Å²) < 4.78 is 37.5. The Morgan fingerprint density at radius 3 is 2.50 bits per heavy atom. The number of amides is 2. The maximum absolute atomic E-state index is 12.5. The number of nitrogens with zero attached hydrogens (tertiary/aromatic N) is 1. The molecule has 3 N–H and O–H groups in total. The number of hydrogen-bond acceptors (Lipinski definition) is 5. The largest absolute Gasteiger partial charge is 0.417 e. The molecule has 1 aromatic carbocycles. The number of anilines is 2. The number of pyridine rings is 1. The fourth-order valence-corrected chi connectivity index (χ4v) is 3.09. The summed E-state index contributed by atoms with van der Waals surface area (Å²) >= 11 is 1.32. The number of halogens is 3. The van der Waals surface area contributed by atoms with Gasteiger partial charge < -0.3 is 16.0 Å². The number of thiophene rings is 1. The Morgan fingerprint density at radius 2 is 1.83 bits per heavy atom. The Labute approximate surface area is 174 Å². The summed E-state index contributed by atoms with van der Waals surface area (Å²) in [6.45, 7) is 0.506. The highest BCUT2D eigenvalue weighted by molar-refractivity contribution is 7.12. The van der Waals surface area contributed by atoms with E-state index >= 15 is 0 Å². The van der Waals surface area contributed by atoms with Crippen LogP contribution in [0.25, 0.3) is 0 Å². The van der Waals surface area contributed by atoms with E-state index in [2.05, 4.69) is 20.9 Å². The Morgan fingerprint density at radius 1 is 1.00 bits per heavy atom. The van der Waals surface area contributed by atoms with Crippen molar-refractivity contribution in [2.75, 3.05) is 23.7 Å². The number of hydrogen-bond donors (Lipinski definition) is 3. The highest BCUT2D eigenvalue weighted by Gasteiger charge is 2.30. The molecule has 3 rings (SSSR count). The van der Waals surface area contributed by atoms with Crippen molar-refractivity contribution in [2.24, 2.45) is 0 Å². The average molecular weight is 434 g/mol. The van der Waals surface area contributed by atoms with Crippen LogP contribution in [0.5, 0.6) is 0 Å². The Balaban J connectivity index is 1.47. The Bertz CT molecular complexity index is 1010. The van der Waals surface area contributed by atoms with Gasteiger partial charge in [-0.2, -0.15) is 13.2 Å². The first kappa shape index (κ1) is 21.3. The molecule has 2 heterocycles. The topological polar surface area (TPSA) is 83.1 Å². The molecule has 0 aliphatic carbocycles. The summed E-state index contributed by atoms with van der Waals surface area (Å²) in [6.07, 6.45) is -3.69. The minimum absolute atomic E-state index is 0.229. The van der Waals surface area contributed by atoms with Gasteiger partial charge >= 0.3 is 6.18 Å². The molecule has 0 aliphatic heterocycles. The Kier molecular flexibility index (Phi) is 6.68. The summed E-state index contributed by atoms with van der Waals surface area (Å²) in [7, 11) is 0. The lowest BCUT2D eigenvalue weighted by molar-refractivity contribution is -0.137. The second-order valence-electron chi connectivity index (χ2n) is 6.12. The maximum atomic E-state index is 12.5. The molecule has 3 aromatic rings. The average Bonchev–Trinajstić information content (AvgIpc) is 3.26. The van der Waals surface area contributed by atoms with Crippen molar-refractivity contribution in [3.8, 4) is 0 Å². The van der Waals surface area contributed by atoms with Gasteiger partial charge in [0, 0.05) is 30.5 Å². The molecule has 0 fully saturated rings. The predicted octanol–water partition coefficient (Wildman–Crippen LogP) is 4.26. The van der Waals surface area contributed by atoms with E-state index in [1.165, 1.54) is 17.4 Å². The van der Waals surface area contributed by atoms with Crippen LogP contribution in [0.4, 0.5) is 24.7 Å². The molecule has 0 aliphatic rings. The number of aromatic nitrogens is 1. The van der Waals surface area contributed by atoms with Crippen LogP contribution in [0.1, 0.15) is 25.6 Å². The summed E-state index contributed by atoms with van der Waals surface area (Å²) in [5.41, 5.74) is 0.0344. The standard InChI is InChI=1S/C20H17F3N4O2S/c21-20(22,23)14-6-7-17(26-12-14)24-8-9-25-18(28)13-3-1-4-15(11-13)27-19(29)16-5-2-10-30-16/h1-7,10-12H,8-9H2,(H,24,26)(H,25,28)(H,27,29). The highest BCUT2D eigenvalue weighted by atomic mass is 32.1. The molecular formula is C20H17F3N4O2S. The Hall–Kier alpha value is -3.40. The predicted molar refractivity (Wildman–Crippen MR) is 109 cm³/mol. The van der Waals surface area contributed by atoms with Gasteiger partial charge in [0.25, 0.3) is 11.8 Å². The van der Waals surface area contributed by atoms with E-state index in [-0.39, 0.29) is 30.7 Å². The highest BCUT2D eigenvalue weighted by Crippen LogP contribution is 2.28. The normalized spacial score (nSPS) is 11.0. The van der Waals surface area contributed by atoms with Gasteiger partial charge in [0.05, 0.1) is 10.4 Å². The van der Waals surface area contributed by atoms with Crippen LogP contribution in [0, 0.1) is 0 Å². The lowest BCUT2D eigenvalue weighted by Crippen LogP contribution is -2.29. The molecule has 0 spiro atoms. The van der Waals surface area contributed by atoms with Crippen LogP contribution in [-0.2, 0) is 6.18 Å². The van der Waals surface area contributed by atoms with Gasteiger partial charge in [-0.15, -0.1) is 11.3 Å². The zero-order valence-corrected chi connectivity index (χ0v) is 16.3. The second-order valence-corrected chi connectivity index (χ2v) is 7.07. The van der Waals surface area contributed by atoms with Gasteiger partial charge in [-0.1, -0.05) is 12.1 Å². The van der Waals surface area contributed by atoms with Crippen molar-refractivity contribution in [1.29, 1.82) is 0 Å². The van der Waals surface area contributed by atoms with Crippen LogP contribution in [0.2, 0.25) is 0 Å². The first-order chi connectivity index (χ1) is 14.3. The van der Waals surface area contributed by atoms with Crippen LogP contribution in [0.3, 0.4) is 0 Å². The molecule has 30 heavy (non-hydrogen) atoms. The zero-order chi connectivity index (χ0) is 21.6. The molecule has 10 heteroatoms. The molecular weight excluding hydrogens is 417 g/mol. The molecule has 156 valence electrons. The van der Waals surface area contributed by atoms with Crippen LogP contribution in [0.15, 0.2) is 60.1 Å². The number of carbonyl (C=O) groups is 2. The van der Waals surface area contributed by atoms with Crippen molar-refractivity contribution < 1.29 is 22.8 Å². The lowest BCUT2D eigenvalue weighted by Gasteiger charge is -2.10. The number of nitrogens with one attached hydrogen (secondary N) is 3. The number of alkyl halides is 3. The van der Waals surface area contributed by atoms with Crippen molar-refractivity contribution in [3.63, 3.8) is 0 Å². The quantitative estimate of drug-likeness (QED) is 0.486. The molecule has 0 unspecified atom stereocenters. The molecule has 2 aromatic heterocycles. The summed E-state index contributed by atoms with van der Waals surface area (Å²) in [5, 5.41) is 10.1. The van der Waals surface area contributed by atoms with E-state index in [0.717, 1.165) is 12.3 Å².